The number of ether oxygens (including phenoxy) is 1. The van der Waals surface area contributed by atoms with E-state index in [-0.39, 0.29) is 0 Å². The Morgan fingerprint density at radius 2 is 1.62 bits per heavy atom. The molecule has 0 saturated heterocycles. The van der Waals surface area contributed by atoms with Crippen LogP contribution in [0.1, 0.15) is 22.5 Å². The Bertz CT molecular complexity index is 1010. The molecule has 3 aromatic heterocycles. The van der Waals surface area contributed by atoms with Gasteiger partial charge in [-0.05, 0) is 56.0 Å². The molecule has 0 aliphatic carbocycles. The quantitative estimate of drug-likeness (QED) is 0.538. The highest BCUT2D eigenvalue weighted by Crippen LogP contribution is 2.28. The summed E-state index contributed by atoms with van der Waals surface area (Å²) in [6, 6.07) is 19.3. The third-order valence-electron chi connectivity index (χ3n) is 5.00. The average Bonchev–Trinajstić information content (AvgIpc) is 3.22. The first-order valence-corrected chi connectivity index (χ1v) is 8.39. The van der Waals surface area contributed by atoms with Crippen molar-refractivity contribution in [2.24, 2.45) is 0 Å². The highest BCUT2D eigenvalue weighted by molar-refractivity contribution is 5.67. The predicted molar refractivity (Wildman–Crippen MR) is 98.2 cm³/mol. The van der Waals surface area contributed by atoms with Gasteiger partial charge in [-0.25, -0.2) is 0 Å². The van der Waals surface area contributed by atoms with Gasteiger partial charge in [-0.15, -0.1) is 0 Å². The van der Waals surface area contributed by atoms with Gasteiger partial charge in [0, 0.05) is 17.5 Å². The molecule has 0 spiro atoms. The van der Waals surface area contributed by atoms with Crippen LogP contribution in [0.5, 0.6) is 5.88 Å². The first-order chi connectivity index (χ1) is 11.7. The number of fused-ring (bicyclic) bond motifs is 3. The lowest BCUT2D eigenvalue weighted by atomic mass is 10.1. The molecule has 0 aliphatic rings. The summed E-state index contributed by atoms with van der Waals surface area (Å²) in [4.78, 5) is 0. The van der Waals surface area contributed by atoms with Crippen molar-refractivity contribution in [1.29, 1.82) is 0 Å². The standard InChI is InChI=1S/C21H22N2O/c1-15-16(2)22-18(10-9-17-7-5-4-6-8-17)11-13-20(22)23-19(15)12-14-21(23)24-3/h4-8,11-14H,9-10H2,1-3H3. The SMILES string of the molecule is COc1ccc2c(C)c(C)n3c(CCc4ccccc4)ccc3n12. The molecule has 24 heavy (non-hydrogen) atoms. The fourth-order valence-corrected chi connectivity index (χ4v) is 3.60. The number of hydrogen-bond acceptors (Lipinski definition) is 1. The number of nitrogens with zero attached hydrogens (tertiary/aromatic N) is 2. The van der Waals surface area contributed by atoms with E-state index >= 15 is 0 Å². The van der Waals surface area contributed by atoms with E-state index in [0.29, 0.717) is 0 Å². The minimum absolute atomic E-state index is 0.880. The van der Waals surface area contributed by atoms with E-state index in [0.717, 1.165) is 24.4 Å². The second-order valence-electron chi connectivity index (χ2n) is 6.31. The van der Waals surface area contributed by atoms with Crippen LogP contribution in [0.15, 0.2) is 54.6 Å². The lowest BCUT2D eigenvalue weighted by molar-refractivity contribution is 0.395. The Labute approximate surface area is 142 Å². The van der Waals surface area contributed by atoms with E-state index in [1.165, 1.54) is 28.0 Å². The fraction of sp³-hybridized carbons (Fsp3) is 0.238. The van der Waals surface area contributed by atoms with E-state index in [1.807, 2.05) is 6.07 Å². The number of hydrogen-bond donors (Lipinski definition) is 0. The second kappa shape index (κ2) is 5.75. The van der Waals surface area contributed by atoms with Gasteiger partial charge < -0.3 is 9.14 Å². The summed E-state index contributed by atoms with van der Waals surface area (Å²) in [6.07, 6.45) is 2.07. The number of aryl methyl sites for hydroxylation is 4. The zero-order valence-electron chi connectivity index (χ0n) is 14.4. The van der Waals surface area contributed by atoms with Crippen LogP contribution in [-0.4, -0.2) is 15.9 Å². The molecule has 0 radical (unpaired) electrons. The van der Waals surface area contributed by atoms with Crippen LogP contribution in [0.3, 0.4) is 0 Å². The fourth-order valence-electron chi connectivity index (χ4n) is 3.60. The molecule has 3 heteroatoms. The van der Waals surface area contributed by atoms with E-state index in [4.69, 9.17) is 4.74 Å². The van der Waals surface area contributed by atoms with Crippen LogP contribution in [-0.2, 0) is 12.8 Å². The van der Waals surface area contributed by atoms with Crippen LogP contribution in [0.4, 0.5) is 0 Å². The normalized spacial score (nSPS) is 11.5. The van der Waals surface area contributed by atoms with Crippen molar-refractivity contribution < 1.29 is 4.74 Å². The maximum atomic E-state index is 5.56. The Balaban J connectivity index is 1.84. The van der Waals surface area contributed by atoms with Crippen LogP contribution in [0.2, 0.25) is 0 Å². The maximum Gasteiger partial charge on any atom is 0.199 e. The van der Waals surface area contributed by atoms with Crippen molar-refractivity contribution in [2.45, 2.75) is 26.7 Å². The lowest BCUT2D eigenvalue weighted by Crippen LogP contribution is -2.06. The van der Waals surface area contributed by atoms with Crippen molar-refractivity contribution in [3.05, 3.63) is 77.1 Å². The molecule has 3 nitrogen and oxygen atoms in total. The van der Waals surface area contributed by atoms with Crippen molar-refractivity contribution in [1.82, 2.24) is 8.80 Å². The number of aromatic nitrogens is 2. The van der Waals surface area contributed by atoms with Crippen LogP contribution in [0, 0.1) is 13.8 Å². The van der Waals surface area contributed by atoms with Gasteiger partial charge in [-0.3, -0.25) is 4.40 Å². The summed E-state index contributed by atoms with van der Waals surface area (Å²) in [6.45, 7) is 4.39. The predicted octanol–water partition coefficient (Wildman–Crippen LogP) is 4.60. The molecule has 1 aromatic carbocycles. The smallest absolute Gasteiger partial charge is 0.199 e. The summed E-state index contributed by atoms with van der Waals surface area (Å²) in [5.74, 6) is 0.880. The van der Waals surface area contributed by atoms with Crippen molar-refractivity contribution >= 4 is 11.2 Å². The molecule has 0 N–H and O–H groups in total. The molecule has 0 amide bonds. The molecule has 4 rings (SSSR count). The minimum atomic E-state index is 0.880. The molecule has 122 valence electrons. The Kier molecular flexibility index (Phi) is 3.57. The summed E-state index contributed by atoms with van der Waals surface area (Å²) >= 11 is 0. The molecule has 0 fully saturated rings. The van der Waals surface area contributed by atoms with Crippen LogP contribution in [0.25, 0.3) is 11.2 Å². The Hall–Kier alpha value is -2.68. The molecular formula is C21H22N2O. The van der Waals surface area contributed by atoms with Crippen molar-refractivity contribution in [3.63, 3.8) is 0 Å². The van der Waals surface area contributed by atoms with Crippen LogP contribution < -0.4 is 4.74 Å². The average molecular weight is 318 g/mol. The van der Waals surface area contributed by atoms with Crippen molar-refractivity contribution in [3.8, 4) is 5.88 Å². The van der Waals surface area contributed by atoms with E-state index in [1.54, 1.807) is 7.11 Å². The summed E-state index contributed by atoms with van der Waals surface area (Å²) < 4.78 is 10.1. The monoisotopic (exact) mass is 318 g/mol. The van der Waals surface area contributed by atoms with Gasteiger partial charge in [0.05, 0.1) is 12.6 Å². The van der Waals surface area contributed by atoms with Gasteiger partial charge >= 0.3 is 0 Å². The number of benzene rings is 1. The van der Waals surface area contributed by atoms with Gasteiger partial charge in [0.1, 0.15) is 5.65 Å². The largest absolute Gasteiger partial charge is 0.482 e. The van der Waals surface area contributed by atoms with Crippen molar-refractivity contribution in [2.75, 3.05) is 7.11 Å². The third kappa shape index (κ3) is 2.20. The molecule has 0 saturated carbocycles. The molecule has 0 aliphatic heterocycles. The zero-order chi connectivity index (χ0) is 16.7. The van der Waals surface area contributed by atoms with E-state index in [2.05, 4.69) is 71.2 Å². The maximum absolute atomic E-state index is 5.56. The lowest BCUT2D eigenvalue weighted by Gasteiger charge is -2.14. The molecule has 0 unspecified atom stereocenters. The van der Waals surface area contributed by atoms with Crippen LogP contribution >= 0.6 is 0 Å². The van der Waals surface area contributed by atoms with E-state index in [9.17, 15) is 0 Å². The number of methoxy groups -OCH3 is 1. The third-order valence-corrected chi connectivity index (χ3v) is 5.00. The number of rotatable bonds is 4. The van der Waals surface area contributed by atoms with E-state index < -0.39 is 0 Å². The minimum Gasteiger partial charge on any atom is -0.482 e. The first kappa shape index (κ1) is 14.9. The molecule has 4 aromatic rings. The topological polar surface area (TPSA) is 18.1 Å². The first-order valence-electron chi connectivity index (χ1n) is 8.39. The van der Waals surface area contributed by atoms with Gasteiger partial charge in [-0.1, -0.05) is 30.3 Å². The van der Waals surface area contributed by atoms with Gasteiger partial charge in [0.25, 0.3) is 0 Å². The van der Waals surface area contributed by atoms with Gasteiger partial charge in [0.2, 0.25) is 0 Å². The zero-order valence-corrected chi connectivity index (χ0v) is 14.4. The Morgan fingerprint density at radius 3 is 2.38 bits per heavy atom. The highest BCUT2D eigenvalue weighted by atomic mass is 16.5. The molecule has 0 atom stereocenters. The summed E-state index contributed by atoms with van der Waals surface area (Å²) in [5, 5.41) is 0. The molecule has 0 bridgehead atoms. The molecule has 3 heterocycles. The van der Waals surface area contributed by atoms with Gasteiger partial charge in [-0.2, -0.15) is 0 Å². The summed E-state index contributed by atoms with van der Waals surface area (Å²) in [7, 11) is 1.73. The Morgan fingerprint density at radius 1 is 0.833 bits per heavy atom. The highest BCUT2D eigenvalue weighted by Gasteiger charge is 2.14. The second-order valence-corrected chi connectivity index (χ2v) is 6.31. The van der Waals surface area contributed by atoms with Gasteiger partial charge in [0.15, 0.2) is 5.88 Å². The summed E-state index contributed by atoms with van der Waals surface area (Å²) in [5.41, 5.74) is 7.69. The molecular weight excluding hydrogens is 296 g/mol.